The number of nitrogens with one attached hydrogen (secondary N) is 1. The third kappa shape index (κ3) is 5.43. The Hall–Kier alpha value is -3.63. The molecule has 0 radical (unpaired) electrons. The third-order valence-corrected chi connectivity index (χ3v) is 4.50. The van der Waals surface area contributed by atoms with Crippen molar-refractivity contribution in [2.45, 2.75) is 5.03 Å². The Morgan fingerprint density at radius 1 is 1.25 bits per heavy atom. The predicted molar refractivity (Wildman–Crippen MR) is 101 cm³/mol. The van der Waals surface area contributed by atoms with E-state index in [1.54, 1.807) is 0 Å². The number of likely N-dealkylation sites (N-methyl/N-ethyl adjacent to an activating group) is 1. The van der Waals surface area contributed by atoms with Crippen molar-refractivity contribution < 1.29 is 14.0 Å². The molecule has 2 rings (SSSR count). The van der Waals surface area contributed by atoms with Crippen molar-refractivity contribution in [2.75, 3.05) is 30.4 Å². The standard InChI is InChI=1S/C18H15FN6O2S/c1-25(9-15(26)23-14-4-2-13(19)3-5-14)16(27)10-28-18-12(8-21)6-11(7-20)17(22)24-18/h2-6H,9-10H2,1H3,(H2,22,24)(H,23,26). The van der Waals surface area contributed by atoms with Gasteiger partial charge in [-0.2, -0.15) is 10.5 Å². The van der Waals surface area contributed by atoms with Crippen molar-refractivity contribution in [3.05, 3.63) is 47.3 Å². The smallest absolute Gasteiger partial charge is 0.243 e. The fraction of sp³-hybridized carbons (Fsp3) is 0.167. The second-order valence-corrected chi connectivity index (χ2v) is 6.56. The number of halogens is 1. The second-order valence-electron chi connectivity index (χ2n) is 5.59. The van der Waals surface area contributed by atoms with E-state index in [0.29, 0.717) is 5.69 Å². The minimum atomic E-state index is -0.439. The Morgan fingerprint density at radius 3 is 2.50 bits per heavy atom. The number of rotatable bonds is 6. The highest BCUT2D eigenvalue weighted by molar-refractivity contribution is 8.00. The van der Waals surface area contributed by atoms with Gasteiger partial charge in [-0.05, 0) is 30.3 Å². The van der Waals surface area contributed by atoms with Gasteiger partial charge in [-0.3, -0.25) is 9.59 Å². The van der Waals surface area contributed by atoms with Crippen LogP contribution in [0.15, 0.2) is 35.4 Å². The van der Waals surface area contributed by atoms with Crippen LogP contribution in [0.5, 0.6) is 0 Å². The zero-order chi connectivity index (χ0) is 20.7. The van der Waals surface area contributed by atoms with Gasteiger partial charge in [0.15, 0.2) is 0 Å². The zero-order valence-corrected chi connectivity index (χ0v) is 15.6. The van der Waals surface area contributed by atoms with Crippen LogP contribution >= 0.6 is 11.8 Å². The van der Waals surface area contributed by atoms with Gasteiger partial charge in [0.25, 0.3) is 0 Å². The molecule has 0 bridgehead atoms. The number of nitrogens with two attached hydrogens (primary N) is 1. The maximum absolute atomic E-state index is 12.9. The van der Waals surface area contributed by atoms with Gasteiger partial charge < -0.3 is 16.0 Å². The maximum atomic E-state index is 12.9. The molecule has 3 N–H and O–H groups in total. The number of hydrogen-bond acceptors (Lipinski definition) is 7. The van der Waals surface area contributed by atoms with Crippen molar-refractivity contribution in [1.82, 2.24) is 9.88 Å². The number of anilines is 2. The summed E-state index contributed by atoms with van der Waals surface area (Å²) >= 11 is 0.986. The monoisotopic (exact) mass is 398 g/mol. The molecule has 0 spiro atoms. The predicted octanol–water partition coefficient (Wildman–Crippen LogP) is 1.74. The molecule has 0 saturated heterocycles. The molecule has 1 aromatic carbocycles. The molecule has 0 aliphatic carbocycles. The van der Waals surface area contributed by atoms with Crippen LogP contribution in [0.2, 0.25) is 0 Å². The lowest BCUT2D eigenvalue weighted by molar-refractivity contribution is -0.131. The van der Waals surface area contributed by atoms with E-state index >= 15 is 0 Å². The highest BCUT2D eigenvalue weighted by Crippen LogP contribution is 2.24. The third-order valence-electron chi connectivity index (χ3n) is 3.52. The summed E-state index contributed by atoms with van der Waals surface area (Å²) in [6, 6.07) is 10.3. The van der Waals surface area contributed by atoms with Gasteiger partial charge in [0.05, 0.1) is 23.4 Å². The minimum absolute atomic E-state index is 0.0246. The van der Waals surface area contributed by atoms with Crippen molar-refractivity contribution in [3.63, 3.8) is 0 Å². The molecule has 0 aliphatic heterocycles. The molecule has 0 fully saturated rings. The van der Waals surface area contributed by atoms with E-state index in [9.17, 15) is 14.0 Å². The number of hydrogen-bond donors (Lipinski definition) is 2. The molecule has 10 heteroatoms. The molecule has 2 aromatic rings. The number of nitrogens with zero attached hydrogens (tertiary/aromatic N) is 4. The van der Waals surface area contributed by atoms with Crippen molar-refractivity contribution >= 4 is 35.1 Å². The normalized spacial score (nSPS) is 9.86. The van der Waals surface area contributed by atoms with Crippen LogP contribution in [-0.2, 0) is 9.59 Å². The van der Waals surface area contributed by atoms with E-state index < -0.39 is 11.7 Å². The zero-order valence-electron chi connectivity index (χ0n) is 14.8. The highest BCUT2D eigenvalue weighted by Gasteiger charge is 2.16. The van der Waals surface area contributed by atoms with Crippen LogP contribution in [0.25, 0.3) is 0 Å². The molecule has 0 atom stereocenters. The van der Waals surface area contributed by atoms with Gasteiger partial charge in [0.2, 0.25) is 11.8 Å². The molecular formula is C18H15FN6O2S. The molecular weight excluding hydrogens is 383 g/mol. The first-order chi connectivity index (χ1) is 13.3. The fourth-order valence-electron chi connectivity index (χ4n) is 2.07. The Bertz CT molecular complexity index is 981. The van der Waals surface area contributed by atoms with E-state index in [2.05, 4.69) is 10.3 Å². The second kappa shape index (κ2) is 9.35. The van der Waals surface area contributed by atoms with Crippen LogP contribution in [0, 0.1) is 28.5 Å². The van der Waals surface area contributed by atoms with Crippen LogP contribution in [-0.4, -0.2) is 41.0 Å². The maximum Gasteiger partial charge on any atom is 0.243 e. The summed E-state index contributed by atoms with van der Waals surface area (Å²) in [7, 11) is 1.46. The molecule has 0 aliphatic rings. The number of thioether (sulfide) groups is 1. The molecule has 28 heavy (non-hydrogen) atoms. The molecule has 1 aromatic heterocycles. The number of aromatic nitrogens is 1. The SMILES string of the molecule is CN(CC(=O)Nc1ccc(F)cc1)C(=O)CSc1nc(N)c(C#N)cc1C#N. The molecule has 0 unspecified atom stereocenters. The first-order valence-electron chi connectivity index (χ1n) is 7.87. The van der Waals surface area contributed by atoms with E-state index in [4.69, 9.17) is 16.3 Å². The van der Waals surface area contributed by atoms with E-state index in [1.807, 2.05) is 12.1 Å². The Labute approximate surface area is 164 Å². The lowest BCUT2D eigenvalue weighted by Crippen LogP contribution is -2.36. The summed E-state index contributed by atoms with van der Waals surface area (Å²) in [4.78, 5) is 29.4. The molecule has 1 heterocycles. The lowest BCUT2D eigenvalue weighted by atomic mass is 10.2. The van der Waals surface area contributed by atoms with E-state index in [-0.39, 0.29) is 40.2 Å². The average molecular weight is 398 g/mol. The number of carbonyl (C=O) groups is 2. The van der Waals surface area contributed by atoms with Gasteiger partial charge in [-0.15, -0.1) is 0 Å². The molecule has 0 saturated carbocycles. The summed E-state index contributed by atoms with van der Waals surface area (Å²) in [6.45, 7) is -0.204. The largest absolute Gasteiger partial charge is 0.383 e. The quantitative estimate of drug-likeness (QED) is 0.707. The molecule has 8 nitrogen and oxygen atoms in total. The number of benzene rings is 1. The van der Waals surface area contributed by atoms with Gasteiger partial charge in [-0.25, -0.2) is 9.37 Å². The number of amides is 2. The molecule has 142 valence electrons. The average Bonchev–Trinajstić information content (AvgIpc) is 2.67. The fourth-order valence-corrected chi connectivity index (χ4v) is 2.97. The lowest BCUT2D eigenvalue weighted by Gasteiger charge is -2.16. The number of pyridine rings is 1. The highest BCUT2D eigenvalue weighted by atomic mass is 32.2. The summed E-state index contributed by atoms with van der Waals surface area (Å²) in [5.41, 5.74) is 6.28. The van der Waals surface area contributed by atoms with Crippen molar-refractivity contribution in [1.29, 1.82) is 10.5 Å². The molecule has 2 amide bonds. The van der Waals surface area contributed by atoms with Crippen LogP contribution in [0.1, 0.15) is 11.1 Å². The Balaban J connectivity index is 1.93. The van der Waals surface area contributed by atoms with Gasteiger partial charge >= 0.3 is 0 Å². The van der Waals surface area contributed by atoms with Crippen molar-refractivity contribution in [3.8, 4) is 12.1 Å². The number of nitrogen functional groups attached to an aromatic ring is 1. The van der Waals surface area contributed by atoms with Crippen molar-refractivity contribution in [2.24, 2.45) is 0 Å². The summed E-state index contributed by atoms with van der Waals surface area (Å²) in [5, 5.41) is 20.9. The van der Waals surface area contributed by atoms with Gasteiger partial charge in [0.1, 0.15) is 28.8 Å². The van der Waals surface area contributed by atoms with E-state index in [0.717, 1.165) is 11.8 Å². The minimum Gasteiger partial charge on any atom is -0.383 e. The van der Waals surface area contributed by atoms with Crippen LogP contribution in [0.4, 0.5) is 15.9 Å². The number of carbonyl (C=O) groups excluding carboxylic acids is 2. The Kier molecular flexibility index (Phi) is 6.90. The van der Waals surface area contributed by atoms with Crippen LogP contribution in [0.3, 0.4) is 0 Å². The van der Waals surface area contributed by atoms with Gasteiger partial charge in [-0.1, -0.05) is 11.8 Å². The Morgan fingerprint density at radius 2 is 1.89 bits per heavy atom. The summed E-state index contributed by atoms with van der Waals surface area (Å²) in [5.74, 6) is -1.33. The van der Waals surface area contributed by atoms with Gasteiger partial charge in [0, 0.05) is 12.7 Å². The summed E-state index contributed by atoms with van der Waals surface area (Å²) in [6.07, 6.45) is 0. The topological polar surface area (TPSA) is 136 Å². The van der Waals surface area contributed by atoms with Crippen LogP contribution < -0.4 is 11.1 Å². The summed E-state index contributed by atoms with van der Waals surface area (Å²) < 4.78 is 12.9. The first-order valence-corrected chi connectivity index (χ1v) is 8.85. The number of nitriles is 2. The van der Waals surface area contributed by atoms with E-state index in [1.165, 1.54) is 42.3 Å². The first kappa shape index (κ1) is 20.7.